The number of hydrogen-bond donors (Lipinski definition) is 0. The van der Waals surface area contributed by atoms with Crippen LogP contribution in [0.25, 0.3) is 27.5 Å². The Morgan fingerprint density at radius 2 is 1.79 bits per heavy atom. The van der Waals surface area contributed by atoms with Crippen molar-refractivity contribution in [2.45, 2.75) is 33.3 Å². The number of benzene rings is 2. The van der Waals surface area contributed by atoms with Gasteiger partial charge in [0.1, 0.15) is 11.3 Å². The molecule has 0 bridgehead atoms. The maximum absolute atomic E-state index is 12.5. The van der Waals surface area contributed by atoms with E-state index in [1.54, 1.807) is 4.90 Å². The minimum atomic E-state index is -0.524. The monoisotopic (exact) mass is 478 g/mol. The van der Waals surface area contributed by atoms with E-state index >= 15 is 0 Å². The quantitative estimate of drug-likeness (QED) is 0.404. The highest BCUT2D eigenvalue weighted by Gasteiger charge is 2.29. The van der Waals surface area contributed by atoms with E-state index in [1.807, 2.05) is 49.8 Å². The maximum Gasteiger partial charge on any atom is 0.410 e. The lowest BCUT2D eigenvalue weighted by Crippen LogP contribution is -2.50. The first-order chi connectivity index (χ1) is 16.2. The van der Waals surface area contributed by atoms with Crippen LogP contribution < -0.4 is 4.90 Å². The van der Waals surface area contributed by atoms with Crippen LogP contribution in [0, 0.1) is 6.92 Å². The van der Waals surface area contributed by atoms with Crippen LogP contribution in [-0.2, 0) is 4.74 Å². The van der Waals surface area contributed by atoms with Crippen LogP contribution in [0.1, 0.15) is 26.3 Å². The Balaban J connectivity index is 1.56. The molecule has 9 heteroatoms. The van der Waals surface area contributed by atoms with Gasteiger partial charge in [0, 0.05) is 42.0 Å². The highest BCUT2D eigenvalue weighted by atomic mass is 35.5. The van der Waals surface area contributed by atoms with E-state index in [2.05, 4.69) is 40.2 Å². The molecule has 0 atom stereocenters. The van der Waals surface area contributed by atoms with Gasteiger partial charge in [-0.15, -0.1) is 10.2 Å². The molecule has 1 saturated heterocycles. The molecule has 0 unspecified atom stereocenters. The number of rotatable bonds is 2. The van der Waals surface area contributed by atoms with Crippen molar-refractivity contribution in [2.75, 3.05) is 31.1 Å². The number of nitrogens with zero attached hydrogens (tertiary/aromatic N) is 6. The molecule has 0 aliphatic carbocycles. The fourth-order valence-electron chi connectivity index (χ4n) is 4.23. The third kappa shape index (κ3) is 4.25. The molecule has 34 heavy (non-hydrogen) atoms. The average molecular weight is 479 g/mol. The third-order valence-electron chi connectivity index (χ3n) is 5.84. The first-order valence-electron chi connectivity index (χ1n) is 11.3. The van der Waals surface area contributed by atoms with Crippen LogP contribution in [0.5, 0.6) is 0 Å². The van der Waals surface area contributed by atoms with Gasteiger partial charge in [0.2, 0.25) is 0 Å². The average Bonchev–Trinajstić information content (AvgIpc) is 3.19. The molecule has 5 rings (SSSR count). The predicted octanol–water partition coefficient (Wildman–Crippen LogP) is 4.99. The summed E-state index contributed by atoms with van der Waals surface area (Å²) in [5, 5.41) is 16.3. The number of fused-ring (bicyclic) bond motifs is 2. The number of piperazine rings is 1. The second-order valence-electron chi connectivity index (χ2n) is 9.61. The summed E-state index contributed by atoms with van der Waals surface area (Å²) in [5.74, 6) is 0.712. The van der Waals surface area contributed by atoms with Gasteiger partial charge in [-0.2, -0.15) is 5.10 Å². The van der Waals surface area contributed by atoms with Crippen LogP contribution in [0.2, 0.25) is 5.02 Å². The van der Waals surface area contributed by atoms with Crippen molar-refractivity contribution >= 4 is 45.3 Å². The van der Waals surface area contributed by atoms with Crippen molar-refractivity contribution in [1.82, 2.24) is 24.9 Å². The van der Waals surface area contributed by atoms with Gasteiger partial charge in [-0.3, -0.25) is 0 Å². The molecule has 4 aromatic rings. The van der Waals surface area contributed by atoms with E-state index in [0.29, 0.717) is 37.0 Å². The number of carbonyl (C=O) groups is 1. The number of anilines is 1. The minimum absolute atomic E-state index is 0.294. The summed E-state index contributed by atoms with van der Waals surface area (Å²) >= 11 is 6.39. The fraction of sp³-hybridized carbons (Fsp3) is 0.360. The zero-order chi connectivity index (χ0) is 24.0. The fourth-order valence-corrected chi connectivity index (χ4v) is 4.41. The van der Waals surface area contributed by atoms with Crippen LogP contribution in [-0.4, -0.2) is 62.8 Å². The molecule has 1 aliphatic heterocycles. The van der Waals surface area contributed by atoms with E-state index in [1.165, 1.54) is 5.56 Å². The molecule has 0 spiro atoms. The number of halogens is 1. The van der Waals surface area contributed by atoms with Crippen molar-refractivity contribution in [3.8, 4) is 5.69 Å². The van der Waals surface area contributed by atoms with Gasteiger partial charge in [0.15, 0.2) is 5.82 Å². The number of hydrogen-bond acceptors (Lipinski definition) is 6. The molecular formula is C25H27ClN6O2. The first kappa shape index (κ1) is 22.4. The Kier molecular flexibility index (Phi) is 5.56. The molecule has 2 aromatic heterocycles. The van der Waals surface area contributed by atoms with Crippen LogP contribution in [0.4, 0.5) is 10.6 Å². The molecule has 1 aliphatic rings. The Morgan fingerprint density at radius 1 is 1.03 bits per heavy atom. The highest BCUT2D eigenvalue weighted by Crippen LogP contribution is 2.33. The lowest BCUT2D eigenvalue weighted by Gasteiger charge is -2.36. The van der Waals surface area contributed by atoms with Gasteiger partial charge < -0.3 is 14.5 Å². The van der Waals surface area contributed by atoms with Crippen molar-refractivity contribution in [1.29, 1.82) is 0 Å². The summed E-state index contributed by atoms with van der Waals surface area (Å²) < 4.78 is 7.46. The van der Waals surface area contributed by atoms with Crippen molar-refractivity contribution in [2.24, 2.45) is 0 Å². The predicted molar refractivity (Wildman–Crippen MR) is 134 cm³/mol. The molecule has 3 heterocycles. The first-order valence-corrected chi connectivity index (χ1v) is 11.7. The van der Waals surface area contributed by atoms with Gasteiger partial charge in [0.25, 0.3) is 0 Å². The van der Waals surface area contributed by atoms with Gasteiger partial charge in [-0.25, -0.2) is 9.48 Å². The lowest BCUT2D eigenvalue weighted by atomic mass is 10.1. The number of aryl methyl sites for hydroxylation is 1. The SMILES string of the molecule is Cc1ccc2c(cnn2-c2c(N3CCN(C(=O)OC(C)(C)C)CC3)nnc3ccc(Cl)cc23)c1. The summed E-state index contributed by atoms with van der Waals surface area (Å²) in [6.07, 6.45) is 1.57. The highest BCUT2D eigenvalue weighted by molar-refractivity contribution is 6.31. The van der Waals surface area contributed by atoms with Crippen LogP contribution in [0.3, 0.4) is 0 Å². The summed E-state index contributed by atoms with van der Waals surface area (Å²) in [5.41, 5.74) is 3.20. The van der Waals surface area contributed by atoms with Gasteiger partial charge in [-0.05, 0) is 58.0 Å². The smallest absolute Gasteiger partial charge is 0.410 e. The van der Waals surface area contributed by atoms with Crippen molar-refractivity contribution < 1.29 is 9.53 Å². The van der Waals surface area contributed by atoms with Crippen LogP contribution >= 0.6 is 11.6 Å². The molecule has 8 nitrogen and oxygen atoms in total. The molecule has 2 aromatic carbocycles. The van der Waals surface area contributed by atoms with Crippen molar-refractivity contribution in [3.05, 3.63) is 53.2 Å². The maximum atomic E-state index is 12.5. The summed E-state index contributed by atoms with van der Waals surface area (Å²) in [7, 11) is 0. The Morgan fingerprint density at radius 3 is 2.53 bits per heavy atom. The van der Waals surface area contributed by atoms with Gasteiger partial charge in [0.05, 0.1) is 17.2 Å². The summed E-state index contributed by atoms with van der Waals surface area (Å²) in [4.78, 5) is 16.4. The summed E-state index contributed by atoms with van der Waals surface area (Å²) in [6, 6.07) is 11.8. The molecule has 0 N–H and O–H groups in total. The molecular weight excluding hydrogens is 452 g/mol. The second-order valence-corrected chi connectivity index (χ2v) is 10.0. The van der Waals surface area contributed by atoms with Crippen LogP contribution in [0.15, 0.2) is 42.6 Å². The Bertz CT molecular complexity index is 1390. The Labute approximate surface area is 203 Å². The number of carbonyl (C=O) groups excluding carboxylic acids is 1. The van der Waals surface area contributed by atoms with E-state index in [9.17, 15) is 4.79 Å². The second kappa shape index (κ2) is 8.43. The lowest BCUT2D eigenvalue weighted by molar-refractivity contribution is 0.0240. The Hall–Kier alpha value is -3.39. The molecule has 1 amide bonds. The number of ether oxygens (including phenoxy) is 1. The normalized spacial score (nSPS) is 14.7. The standard InChI is InChI=1S/C25H27ClN6O2/c1-16-5-8-21-17(13-16)15-27-32(21)22-19-14-18(26)6-7-20(19)28-29-23(22)30-9-11-31(12-10-30)24(33)34-25(2,3)4/h5-8,13-15H,9-12H2,1-4H3. The van der Waals surface area contributed by atoms with E-state index < -0.39 is 5.60 Å². The largest absolute Gasteiger partial charge is 0.444 e. The van der Waals surface area contributed by atoms with Gasteiger partial charge >= 0.3 is 6.09 Å². The molecule has 0 saturated carbocycles. The van der Waals surface area contributed by atoms with Gasteiger partial charge in [-0.1, -0.05) is 23.2 Å². The van der Waals surface area contributed by atoms with E-state index in [-0.39, 0.29) is 6.09 Å². The third-order valence-corrected chi connectivity index (χ3v) is 6.08. The van der Waals surface area contributed by atoms with E-state index in [4.69, 9.17) is 21.4 Å². The zero-order valence-corrected chi connectivity index (χ0v) is 20.5. The summed E-state index contributed by atoms with van der Waals surface area (Å²) in [6.45, 7) is 9.95. The minimum Gasteiger partial charge on any atom is -0.444 e. The molecule has 176 valence electrons. The van der Waals surface area contributed by atoms with Crippen molar-refractivity contribution in [3.63, 3.8) is 0 Å². The molecule has 1 fully saturated rings. The van der Waals surface area contributed by atoms with E-state index in [0.717, 1.165) is 27.5 Å². The number of amides is 1. The molecule has 0 radical (unpaired) electrons. The zero-order valence-electron chi connectivity index (χ0n) is 19.7. The topological polar surface area (TPSA) is 76.4 Å². The number of aromatic nitrogens is 4.